The summed E-state index contributed by atoms with van der Waals surface area (Å²) in [6.45, 7) is 10.4. The molecule has 1 fully saturated rings. The van der Waals surface area contributed by atoms with Crippen LogP contribution in [0.4, 0.5) is 0 Å². The number of aliphatic hydroxyl groups is 1. The third-order valence-corrected chi connectivity index (χ3v) is 5.11. The third kappa shape index (κ3) is 4.82. The number of ether oxygens (including phenoxy) is 1. The normalized spacial score (nSPS) is 38.5. The van der Waals surface area contributed by atoms with Gasteiger partial charge in [-0.05, 0) is 78.7 Å². The zero-order valence-corrected chi connectivity index (χ0v) is 14.9. The lowest BCUT2D eigenvalue weighted by atomic mass is 9.90. The lowest BCUT2D eigenvalue weighted by molar-refractivity contribution is 0.116. The van der Waals surface area contributed by atoms with Gasteiger partial charge in [0.15, 0.2) is 0 Å². The van der Waals surface area contributed by atoms with Gasteiger partial charge in [0.2, 0.25) is 0 Å². The largest absolute Gasteiger partial charge is 0.386 e. The Morgan fingerprint density at radius 3 is 2.55 bits per heavy atom. The van der Waals surface area contributed by atoms with Gasteiger partial charge in [-0.1, -0.05) is 29.4 Å². The molecule has 124 valence electrons. The summed E-state index contributed by atoms with van der Waals surface area (Å²) in [6.07, 6.45) is 13.4. The van der Waals surface area contributed by atoms with Gasteiger partial charge in [-0.2, -0.15) is 0 Å². The van der Waals surface area contributed by atoms with Gasteiger partial charge in [0.25, 0.3) is 0 Å². The Hall–Kier alpha value is -0.860. The molecule has 0 spiro atoms. The van der Waals surface area contributed by atoms with E-state index in [4.69, 9.17) is 4.74 Å². The highest BCUT2D eigenvalue weighted by Gasteiger charge is 2.50. The van der Waals surface area contributed by atoms with E-state index >= 15 is 0 Å². The van der Waals surface area contributed by atoms with Gasteiger partial charge in [-0.15, -0.1) is 0 Å². The second-order valence-electron chi connectivity index (χ2n) is 7.81. The maximum absolute atomic E-state index is 10.4. The third-order valence-electron chi connectivity index (χ3n) is 5.11. The number of allylic oxidation sites excluding steroid dienone is 5. The molecule has 0 saturated carbocycles. The van der Waals surface area contributed by atoms with Gasteiger partial charge >= 0.3 is 0 Å². The molecular formula is C20H32O2. The quantitative estimate of drug-likeness (QED) is 0.541. The highest BCUT2D eigenvalue weighted by molar-refractivity contribution is 5.24. The number of hydrogen-bond acceptors (Lipinski definition) is 2. The van der Waals surface area contributed by atoms with Crippen molar-refractivity contribution in [1.82, 2.24) is 0 Å². The van der Waals surface area contributed by atoms with Crippen molar-refractivity contribution in [1.29, 1.82) is 0 Å². The fourth-order valence-electron chi connectivity index (χ4n) is 3.19. The molecule has 0 aromatic heterocycles. The van der Waals surface area contributed by atoms with E-state index in [0.717, 1.165) is 44.1 Å². The molecule has 1 heterocycles. The Morgan fingerprint density at radius 1 is 1.14 bits per heavy atom. The van der Waals surface area contributed by atoms with Crippen LogP contribution >= 0.6 is 0 Å². The van der Waals surface area contributed by atoms with Crippen LogP contribution in [0, 0.1) is 0 Å². The topological polar surface area (TPSA) is 32.8 Å². The lowest BCUT2D eigenvalue weighted by Gasteiger charge is -2.22. The predicted molar refractivity (Wildman–Crippen MR) is 92.9 cm³/mol. The van der Waals surface area contributed by atoms with Gasteiger partial charge in [-0.25, -0.2) is 0 Å². The summed E-state index contributed by atoms with van der Waals surface area (Å²) < 4.78 is 5.93. The average molecular weight is 304 g/mol. The predicted octanol–water partition coefficient (Wildman–Crippen LogP) is 5.09. The van der Waals surface area contributed by atoms with Crippen LogP contribution in [0.1, 0.15) is 73.1 Å². The molecule has 0 amide bonds. The minimum atomic E-state index is -0.744. The summed E-state index contributed by atoms with van der Waals surface area (Å²) in [5, 5.41) is 10.4. The zero-order valence-electron chi connectivity index (χ0n) is 14.9. The van der Waals surface area contributed by atoms with E-state index in [0.29, 0.717) is 6.10 Å². The number of rotatable bonds is 1. The van der Waals surface area contributed by atoms with Crippen molar-refractivity contribution in [3.8, 4) is 0 Å². The molecule has 22 heavy (non-hydrogen) atoms. The van der Waals surface area contributed by atoms with Crippen LogP contribution in [0.3, 0.4) is 0 Å². The molecule has 2 aliphatic rings. The minimum absolute atomic E-state index is 0.106. The molecule has 0 bridgehead atoms. The fraction of sp³-hybridized carbons (Fsp3) is 0.700. The van der Waals surface area contributed by atoms with Crippen molar-refractivity contribution in [2.75, 3.05) is 0 Å². The average Bonchev–Trinajstić information content (AvgIpc) is 3.04. The van der Waals surface area contributed by atoms with Gasteiger partial charge in [0.1, 0.15) is 0 Å². The molecule has 1 aliphatic heterocycles. The monoisotopic (exact) mass is 304 g/mol. The highest BCUT2D eigenvalue weighted by Crippen LogP contribution is 2.43. The molecule has 0 radical (unpaired) electrons. The molecular weight excluding hydrogens is 272 g/mol. The summed E-state index contributed by atoms with van der Waals surface area (Å²) in [4.78, 5) is 0. The van der Waals surface area contributed by atoms with Gasteiger partial charge in [-0.3, -0.25) is 0 Å². The summed E-state index contributed by atoms with van der Waals surface area (Å²) in [5.74, 6) is 0. The number of hydrogen-bond donors (Lipinski definition) is 1. The maximum atomic E-state index is 10.4. The van der Waals surface area contributed by atoms with Crippen LogP contribution < -0.4 is 0 Å². The fourth-order valence-corrected chi connectivity index (χ4v) is 3.19. The number of epoxide rings is 1. The molecule has 2 heteroatoms. The smallest absolute Gasteiger partial charge is 0.0923 e. The van der Waals surface area contributed by atoms with Gasteiger partial charge in [0, 0.05) is 0 Å². The summed E-state index contributed by atoms with van der Waals surface area (Å²) >= 11 is 0. The van der Waals surface area contributed by atoms with E-state index in [9.17, 15) is 5.11 Å². The molecule has 1 aliphatic carbocycles. The second kappa shape index (κ2) is 6.72. The van der Waals surface area contributed by atoms with E-state index < -0.39 is 5.60 Å². The SMILES string of the molecule is C/C1=C\CC[C@]2(C)O[C@@H]2CC/C(C)=C/C=C(/C(C)(C)O)CC1. The van der Waals surface area contributed by atoms with Crippen LogP contribution in [0.2, 0.25) is 0 Å². The van der Waals surface area contributed by atoms with Crippen LogP contribution in [-0.2, 0) is 4.74 Å². The molecule has 0 aromatic rings. The van der Waals surface area contributed by atoms with Crippen molar-refractivity contribution in [3.63, 3.8) is 0 Å². The first-order chi connectivity index (χ1) is 10.2. The van der Waals surface area contributed by atoms with E-state index in [1.54, 1.807) is 0 Å². The van der Waals surface area contributed by atoms with Gasteiger partial charge in [0.05, 0.1) is 17.3 Å². The van der Waals surface area contributed by atoms with Crippen LogP contribution in [0.5, 0.6) is 0 Å². The van der Waals surface area contributed by atoms with Crippen molar-refractivity contribution >= 4 is 0 Å². The standard InChI is InChI=1S/C20H32O2/c1-15-7-6-14-20(5)18(22-20)13-10-16(2)9-12-17(11-8-15)19(3,4)21/h7,9,12,18,21H,6,8,10-11,13-14H2,1-5H3/b15-7+,16-9+,17-12+/t18-,20+/m1/s1. The van der Waals surface area contributed by atoms with Gasteiger partial charge < -0.3 is 9.84 Å². The van der Waals surface area contributed by atoms with Crippen LogP contribution in [0.15, 0.2) is 34.9 Å². The van der Waals surface area contributed by atoms with E-state index in [1.807, 2.05) is 13.8 Å². The molecule has 1 saturated heterocycles. The first-order valence-electron chi connectivity index (χ1n) is 8.63. The first kappa shape index (κ1) is 17.5. The summed E-state index contributed by atoms with van der Waals surface area (Å²) in [6, 6.07) is 0. The van der Waals surface area contributed by atoms with E-state index in [2.05, 4.69) is 39.0 Å². The second-order valence-corrected chi connectivity index (χ2v) is 7.81. The van der Waals surface area contributed by atoms with E-state index in [1.165, 1.54) is 11.1 Å². The maximum Gasteiger partial charge on any atom is 0.0923 e. The molecule has 2 nitrogen and oxygen atoms in total. The van der Waals surface area contributed by atoms with Crippen LogP contribution in [0.25, 0.3) is 0 Å². The summed E-state index contributed by atoms with van der Waals surface area (Å²) in [7, 11) is 0. The molecule has 1 N–H and O–H groups in total. The molecule has 0 unspecified atom stereocenters. The van der Waals surface area contributed by atoms with Crippen molar-refractivity contribution in [3.05, 3.63) is 34.9 Å². The van der Waals surface area contributed by atoms with Crippen LogP contribution in [-0.4, -0.2) is 22.4 Å². The Kier molecular flexibility index (Phi) is 5.34. The van der Waals surface area contributed by atoms with Crippen molar-refractivity contribution in [2.45, 2.75) is 90.4 Å². The van der Waals surface area contributed by atoms with Crippen molar-refractivity contribution < 1.29 is 9.84 Å². The van der Waals surface area contributed by atoms with E-state index in [-0.39, 0.29) is 5.60 Å². The molecule has 2 rings (SSSR count). The molecule has 2 atom stereocenters. The number of fused-ring (bicyclic) bond motifs is 1. The Morgan fingerprint density at radius 2 is 1.86 bits per heavy atom. The Labute approximate surface area is 136 Å². The highest BCUT2D eigenvalue weighted by atomic mass is 16.6. The summed E-state index contributed by atoms with van der Waals surface area (Å²) in [5.41, 5.74) is 3.25. The zero-order chi connectivity index (χ0) is 16.4. The Bertz CT molecular complexity index is 490. The lowest BCUT2D eigenvalue weighted by Crippen LogP contribution is -2.22. The Balaban J connectivity index is 2.16. The molecule has 0 aromatic carbocycles. The minimum Gasteiger partial charge on any atom is -0.386 e. The van der Waals surface area contributed by atoms with Crippen molar-refractivity contribution in [2.24, 2.45) is 0 Å². The first-order valence-corrected chi connectivity index (χ1v) is 8.63.